The van der Waals surface area contributed by atoms with E-state index in [9.17, 15) is 14.0 Å². The number of anilines is 1. The summed E-state index contributed by atoms with van der Waals surface area (Å²) in [4.78, 5) is 36.5. The fourth-order valence-electron chi connectivity index (χ4n) is 2.51. The number of carbonyl (C=O) groups excluding carboxylic acids is 1. The molecule has 1 aromatic carbocycles. The maximum Gasteiger partial charge on any atom is 0.322 e. The number of amides is 1. The highest BCUT2D eigenvalue weighted by Gasteiger charge is 2.14. The van der Waals surface area contributed by atoms with Crippen LogP contribution in [-0.2, 0) is 11.3 Å². The Morgan fingerprint density at radius 3 is 2.50 bits per heavy atom. The SMILES string of the molecule is Cc1cc(=O)n(CC(=O)Nc2c(C)nc(Oc3ccccc3F)nc2C)cn1. The number of nitrogens with one attached hydrogen (secondary N) is 1. The van der Waals surface area contributed by atoms with Crippen LogP contribution < -0.4 is 15.6 Å². The van der Waals surface area contributed by atoms with Crippen molar-refractivity contribution in [3.8, 4) is 11.8 Å². The summed E-state index contributed by atoms with van der Waals surface area (Å²) in [5, 5.41) is 2.69. The van der Waals surface area contributed by atoms with Crippen LogP contribution in [0.4, 0.5) is 10.1 Å². The van der Waals surface area contributed by atoms with E-state index >= 15 is 0 Å². The summed E-state index contributed by atoms with van der Waals surface area (Å²) in [5.41, 5.74) is 1.55. The van der Waals surface area contributed by atoms with Crippen LogP contribution in [0.3, 0.4) is 0 Å². The second-order valence-corrected chi connectivity index (χ2v) is 6.13. The molecule has 0 aliphatic heterocycles. The van der Waals surface area contributed by atoms with Crippen molar-refractivity contribution in [2.75, 3.05) is 5.32 Å². The molecule has 0 unspecified atom stereocenters. The topological polar surface area (TPSA) is 99.0 Å². The lowest BCUT2D eigenvalue weighted by molar-refractivity contribution is -0.116. The maximum atomic E-state index is 13.7. The summed E-state index contributed by atoms with van der Waals surface area (Å²) in [5.74, 6) is -0.953. The fraction of sp³-hybridized carbons (Fsp3) is 0.211. The van der Waals surface area contributed by atoms with Gasteiger partial charge in [0.2, 0.25) is 5.91 Å². The molecule has 0 saturated carbocycles. The zero-order valence-corrected chi connectivity index (χ0v) is 15.6. The molecule has 2 aromatic heterocycles. The lowest BCUT2D eigenvalue weighted by atomic mass is 10.3. The molecule has 1 N–H and O–H groups in total. The summed E-state index contributed by atoms with van der Waals surface area (Å²) in [6, 6.07) is 7.23. The van der Waals surface area contributed by atoms with E-state index in [0.717, 1.165) is 0 Å². The quantitative estimate of drug-likeness (QED) is 0.727. The number of ether oxygens (including phenoxy) is 1. The average Bonchev–Trinajstić information content (AvgIpc) is 2.63. The van der Waals surface area contributed by atoms with E-state index in [1.807, 2.05) is 0 Å². The van der Waals surface area contributed by atoms with Gasteiger partial charge in [0.25, 0.3) is 5.56 Å². The standard InChI is InChI=1S/C19H18FN5O3/c1-11-8-17(27)25(10-21-11)9-16(26)24-18-12(2)22-19(23-13(18)3)28-15-7-5-4-6-14(15)20/h4-8,10H,9H2,1-3H3,(H,24,26). The van der Waals surface area contributed by atoms with E-state index in [1.54, 1.807) is 32.9 Å². The number of rotatable bonds is 5. The van der Waals surface area contributed by atoms with Crippen molar-refractivity contribution in [3.63, 3.8) is 0 Å². The average molecular weight is 383 g/mol. The van der Waals surface area contributed by atoms with Crippen LogP contribution in [0, 0.1) is 26.6 Å². The molecule has 0 saturated heterocycles. The van der Waals surface area contributed by atoms with Gasteiger partial charge in [0.15, 0.2) is 11.6 Å². The summed E-state index contributed by atoms with van der Waals surface area (Å²) < 4.78 is 20.3. The van der Waals surface area contributed by atoms with Gasteiger partial charge in [0.05, 0.1) is 23.4 Å². The van der Waals surface area contributed by atoms with E-state index < -0.39 is 11.7 Å². The predicted molar refractivity (Wildman–Crippen MR) is 99.8 cm³/mol. The first-order chi connectivity index (χ1) is 13.3. The molecule has 0 radical (unpaired) electrons. The monoisotopic (exact) mass is 383 g/mol. The molecule has 9 heteroatoms. The number of carbonyl (C=O) groups is 1. The molecule has 1 amide bonds. The molecule has 28 heavy (non-hydrogen) atoms. The minimum absolute atomic E-state index is 0.00401. The molecule has 144 valence electrons. The molecule has 0 fully saturated rings. The van der Waals surface area contributed by atoms with E-state index in [4.69, 9.17) is 4.74 Å². The van der Waals surface area contributed by atoms with Crippen LogP contribution in [0.2, 0.25) is 0 Å². The Morgan fingerprint density at radius 2 is 1.86 bits per heavy atom. The van der Waals surface area contributed by atoms with Crippen molar-refractivity contribution < 1.29 is 13.9 Å². The molecule has 0 aliphatic rings. The maximum absolute atomic E-state index is 13.7. The molecule has 0 bridgehead atoms. The summed E-state index contributed by atoms with van der Waals surface area (Å²) >= 11 is 0. The number of hydrogen-bond acceptors (Lipinski definition) is 6. The molecule has 3 rings (SSSR count). The van der Waals surface area contributed by atoms with Gasteiger partial charge in [-0.05, 0) is 32.9 Å². The highest BCUT2D eigenvalue weighted by atomic mass is 19.1. The predicted octanol–water partition coefficient (Wildman–Crippen LogP) is 2.53. The Balaban J connectivity index is 1.76. The third-order valence-corrected chi connectivity index (χ3v) is 3.88. The smallest absolute Gasteiger partial charge is 0.322 e. The number of halogens is 1. The molecule has 3 aromatic rings. The van der Waals surface area contributed by atoms with E-state index in [2.05, 4.69) is 20.3 Å². The van der Waals surface area contributed by atoms with Gasteiger partial charge in [-0.25, -0.2) is 9.37 Å². The van der Waals surface area contributed by atoms with Gasteiger partial charge in [0.1, 0.15) is 6.54 Å². The van der Waals surface area contributed by atoms with Crippen LogP contribution in [0.25, 0.3) is 0 Å². The van der Waals surface area contributed by atoms with Crippen LogP contribution in [0.1, 0.15) is 17.1 Å². The highest BCUT2D eigenvalue weighted by molar-refractivity contribution is 5.91. The van der Waals surface area contributed by atoms with E-state index in [1.165, 1.54) is 29.1 Å². The number of aryl methyl sites for hydroxylation is 3. The van der Waals surface area contributed by atoms with Crippen molar-refractivity contribution in [2.24, 2.45) is 0 Å². The van der Waals surface area contributed by atoms with Crippen molar-refractivity contribution in [2.45, 2.75) is 27.3 Å². The van der Waals surface area contributed by atoms with Gasteiger partial charge in [-0.3, -0.25) is 14.2 Å². The van der Waals surface area contributed by atoms with E-state index in [-0.39, 0.29) is 23.9 Å². The molecule has 0 atom stereocenters. The minimum atomic E-state index is -0.532. The van der Waals surface area contributed by atoms with Crippen molar-refractivity contribution in [3.05, 3.63) is 69.9 Å². The molecule has 2 heterocycles. The first-order valence-electron chi connectivity index (χ1n) is 8.44. The first-order valence-corrected chi connectivity index (χ1v) is 8.44. The summed E-state index contributed by atoms with van der Waals surface area (Å²) in [7, 11) is 0. The fourth-order valence-corrected chi connectivity index (χ4v) is 2.51. The molecule has 0 spiro atoms. The molecular weight excluding hydrogens is 365 g/mol. The third kappa shape index (κ3) is 4.37. The number of benzene rings is 1. The Kier molecular flexibility index (Phi) is 5.44. The largest absolute Gasteiger partial charge is 0.421 e. The van der Waals surface area contributed by atoms with Gasteiger partial charge in [-0.15, -0.1) is 0 Å². The van der Waals surface area contributed by atoms with Crippen molar-refractivity contribution in [1.82, 2.24) is 19.5 Å². The van der Waals surface area contributed by atoms with E-state index in [0.29, 0.717) is 22.8 Å². The van der Waals surface area contributed by atoms with Crippen molar-refractivity contribution in [1.29, 1.82) is 0 Å². The van der Waals surface area contributed by atoms with Crippen LogP contribution in [-0.4, -0.2) is 25.4 Å². The van der Waals surface area contributed by atoms with Gasteiger partial charge in [0, 0.05) is 11.8 Å². The normalized spacial score (nSPS) is 10.6. The Morgan fingerprint density at radius 1 is 1.18 bits per heavy atom. The van der Waals surface area contributed by atoms with Gasteiger partial charge in [-0.1, -0.05) is 12.1 Å². The van der Waals surface area contributed by atoms with Crippen molar-refractivity contribution >= 4 is 11.6 Å². The lowest BCUT2D eigenvalue weighted by Crippen LogP contribution is -2.28. The number of aromatic nitrogens is 4. The van der Waals surface area contributed by atoms with Gasteiger partial charge < -0.3 is 10.1 Å². The van der Waals surface area contributed by atoms with Crippen LogP contribution in [0.5, 0.6) is 11.8 Å². The zero-order chi connectivity index (χ0) is 20.3. The number of nitrogens with zero attached hydrogens (tertiary/aromatic N) is 4. The van der Waals surface area contributed by atoms with Crippen LogP contribution in [0.15, 0.2) is 41.5 Å². The lowest BCUT2D eigenvalue weighted by Gasteiger charge is -2.13. The Bertz CT molecular complexity index is 1070. The first kappa shape index (κ1) is 19.2. The van der Waals surface area contributed by atoms with Gasteiger partial charge >= 0.3 is 6.01 Å². The minimum Gasteiger partial charge on any atom is -0.421 e. The highest BCUT2D eigenvalue weighted by Crippen LogP contribution is 2.25. The Hall–Kier alpha value is -3.62. The van der Waals surface area contributed by atoms with Crippen LogP contribution >= 0.6 is 0 Å². The summed E-state index contributed by atoms with van der Waals surface area (Å²) in [6.07, 6.45) is 1.32. The number of para-hydroxylation sites is 1. The molecule has 0 aliphatic carbocycles. The number of hydrogen-bond donors (Lipinski definition) is 1. The molecule has 8 nitrogen and oxygen atoms in total. The second kappa shape index (κ2) is 7.95. The second-order valence-electron chi connectivity index (χ2n) is 6.13. The van der Waals surface area contributed by atoms with Gasteiger partial charge in [-0.2, -0.15) is 9.97 Å². The third-order valence-electron chi connectivity index (χ3n) is 3.88. The zero-order valence-electron chi connectivity index (χ0n) is 15.6. The molecular formula is C19H18FN5O3. The summed E-state index contributed by atoms with van der Waals surface area (Å²) in [6.45, 7) is 4.83. The Labute approximate surface area is 160 Å².